The molecule has 1 aromatic heterocycles. The maximum Gasteiger partial charge on any atom is 0.312 e. The smallest absolute Gasteiger partial charge is 0.312 e. The fraction of sp³-hybridized carbons (Fsp3) is 0.357. The molecule has 0 saturated heterocycles. The Hall–Kier alpha value is -2.37. The summed E-state index contributed by atoms with van der Waals surface area (Å²) in [5, 5.41) is 6.37. The summed E-state index contributed by atoms with van der Waals surface area (Å²) in [6.07, 6.45) is 0.573. The van der Waals surface area contributed by atoms with Crippen LogP contribution < -0.4 is 11.1 Å². The van der Waals surface area contributed by atoms with E-state index < -0.39 is 6.03 Å². The van der Waals surface area contributed by atoms with E-state index in [0.717, 1.165) is 5.56 Å². The lowest BCUT2D eigenvalue weighted by molar-refractivity contribution is 0.245. The number of amides is 2. The van der Waals surface area contributed by atoms with Gasteiger partial charge >= 0.3 is 6.03 Å². The number of aryl methyl sites for hydroxylation is 2. The molecule has 0 saturated carbocycles. The third kappa shape index (κ3) is 3.34. The van der Waals surface area contributed by atoms with E-state index in [9.17, 15) is 4.79 Å². The third-order valence-corrected chi connectivity index (χ3v) is 3.08. The number of nitrogens with two attached hydrogens (primary N) is 1. The minimum absolute atomic E-state index is 0.372. The summed E-state index contributed by atoms with van der Waals surface area (Å²) in [6, 6.07) is 5.25. The molecule has 0 spiro atoms. The van der Waals surface area contributed by atoms with Gasteiger partial charge in [0.15, 0.2) is 5.82 Å². The Kier molecular flexibility index (Phi) is 4.02. The molecule has 2 aromatic rings. The van der Waals surface area contributed by atoms with Gasteiger partial charge in [0.1, 0.15) is 0 Å². The molecule has 0 aliphatic rings. The van der Waals surface area contributed by atoms with Gasteiger partial charge in [0.2, 0.25) is 5.89 Å². The predicted octanol–water partition coefficient (Wildman–Crippen LogP) is 2.01. The molecule has 1 heterocycles. The number of carbonyl (C=O) groups excluding carboxylic acids is 1. The van der Waals surface area contributed by atoms with Crippen molar-refractivity contribution in [3.8, 4) is 0 Å². The van der Waals surface area contributed by atoms with Gasteiger partial charge < -0.3 is 15.6 Å². The fourth-order valence-electron chi connectivity index (χ4n) is 1.95. The molecule has 0 fully saturated rings. The van der Waals surface area contributed by atoms with Crippen molar-refractivity contribution < 1.29 is 9.32 Å². The molecule has 6 nitrogen and oxygen atoms in total. The minimum Gasteiger partial charge on any atom is -0.352 e. The number of nitrogens with one attached hydrogen (secondary N) is 1. The van der Waals surface area contributed by atoms with Crippen molar-refractivity contribution >= 4 is 6.03 Å². The molecule has 0 unspecified atom stereocenters. The molecular weight excluding hydrogens is 256 g/mol. The lowest BCUT2D eigenvalue weighted by Crippen LogP contribution is -2.32. The van der Waals surface area contributed by atoms with Crippen LogP contribution >= 0.6 is 0 Å². The summed E-state index contributed by atoms with van der Waals surface area (Å²) in [4.78, 5) is 15.1. The number of primary amides is 1. The molecule has 20 heavy (non-hydrogen) atoms. The molecule has 3 N–H and O–H groups in total. The number of hydrogen-bond acceptors (Lipinski definition) is 4. The number of hydrogen-bond donors (Lipinski definition) is 2. The van der Waals surface area contributed by atoms with Crippen LogP contribution in [0.3, 0.4) is 0 Å². The van der Waals surface area contributed by atoms with Crippen LogP contribution in [0.4, 0.5) is 4.79 Å². The quantitative estimate of drug-likeness (QED) is 0.891. The van der Waals surface area contributed by atoms with Crippen LogP contribution in [0.5, 0.6) is 0 Å². The SMILES string of the molecule is Cc1ccc(C)c(Cc2nc([C@H](C)NC(N)=O)no2)c1. The first-order chi connectivity index (χ1) is 9.45. The summed E-state index contributed by atoms with van der Waals surface area (Å²) in [6.45, 7) is 5.83. The Bertz CT molecular complexity index is 621. The predicted molar refractivity (Wildman–Crippen MR) is 74.2 cm³/mol. The van der Waals surface area contributed by atoms with Gasteiger partial charge in [-0.3, -0.25) is 0 Å². The fourth-order valence-corrected chi connectivity index (χ4v) is 1.95. The highest BCUT2D eigenvalue weighted by Crippen LogP contribution is 2.16. The van der Waals surface area contributed by atoms with Crippen molar-refractivity contribution in [3.05, 3.63) is 46.6 Å². The first-order valence-corrected chi connectivity index (χ1v) is 6.40. The van der Waals surface area contributed by atoms with Gasteiger partial charge in [-0.15, -0.1) is 0 Å². The summed E-state index contributed by atoms with van der Waals surface area (Å²) < 4.78 is 5.21. The molecule has 2 amide bonds. The zero-order valence-corrected chi connectivity index (χ0v) is 11.8. The molecule has 0 aliphatic carbocycles. The molecule has 0 radical (unpaired) electrons. The Morgan fingerprint density at radius 1 is 1.45 bits per heavy atom. The molecule has 0 bridgehead atoms. The average Bonchev–Trinajstić information content (AvgIpc) is 2.82. The van der Waals surface area contributed by atoms with Gasteiger partial charge in [0.25, 0.3) is 0 Å². The number of aromatic nitrogens is 2. The summed E-state index contributed by atoms with van der Waals surface area (Å²) in [7, 11) is 0. The molecular formula is C14H18N4O2. The lowest BCUT2D eigenvalue weighted by atomic mass is 10.0. The van der Waals surface area contributed by atoms with Crippen LogP contribution in [0.2, 0.25) is 0 Å². The molecule has 2 rings (SSSR count). The highest BCUT2D eigenvalue weighted by atomic mass is 16.5. The molecule has 0 aliphatic heterocycles. The van der Waals surface area contributed by atoms with Crippen LogP contribution in [0.15, 0.2) is 22.7 Å². The maximum atomic E-state index is 10.8. The highest BCUT2D eigenvalue weighted by molar-refractivity contribution is 5.71. The highest BCUT2D eigenvalue weighted by Gasteiger charge is 2.15. The average molecular weight is 274 g/mol. The van der Waals surface area contributed by atoms with Crippen LogP contribution in [0.1, 0.15) is 41.4 Å². The van der Waals surface area contributed by atoms with E-state index in [1.165, 1.54) is 11.1 Å². The Labute approximate surface area is 117 Å². The van der Waals surface area contributed by atoms with Crippen LogP contribution in [0.25, 0.3) is 0 Å². The van der Waals surface area contributed by atoms with Crippen molar-refractivity contribution in [3.63, 3.8) is 0 Å². The van der Waals surface area contributed by atoms with E-state index in [2.05, 4.69) is 33.7 Å². The van der Waals surface area contributed by atoms with Crippen LogP contribution in [-0.4, -0.2) is 16.2 Å². The van der Waals surface area contributed by atoms with Crippen molar-refractivity contribution in [2.45, 2.75) is 33.2 Å². The van der Waals surface area contributed by atoms with Crippen LogP contribution in [0, 0.1) is 13.8 Å². The van der Waals surface area contributed by atoms with E-state index in [0.29, 0.717) is 18.1 Å². The zero-order chi connectivity index (χ0) is 14.7. The van der Waals surface area contributed by atoms with Gasteiger partial charge in [-0.25, -0.2) is 4.79 Å². The van der Waals surface area contributed by atoms with Gasteiger partial charge in [-0.2, -0.15) is 4.98 Å². The monoisotopic (exact) mass is 274 g/mol. The third-order valence-electron chi connectivity index (χ3n) is 3.08. The van der Waals surface area contributed by atoms with Crippen molar-refractivity contribution in [1.82, 2.24) is 15.5 Å². The second-order valence-electron chi connectivity index (χ2n) is 4.88. The molecule has 106 valence electrons. The van der Waals surface area contributed by atoms with Gasteiger partial charge in [-0.05, 0) is 31.9 Å². The first kappa shape index (κ1) is 14.0. The number of nitrogens with zero attached hydrogens (tertiary/aromatic N) is 2. The van der Waals surface area contributed by atoms with Gasteiger partial charge in [0, 0.05) is 0 Å². The second-order valence-corrected chi connectivity index (χ2v) is 4.88. The van der Waals surface area contributed by atoms with E-state index in [1.807, 2.05) is 13.8 Å². The van der Waals surface area contributed by atoms with Gasteiger partial charge in [0.05, 0.1) is 12.5 Å². The van der Waals surface area contributed by atoms with Crippen molar-refractivity contribution in [2.24, 2.45) is 5.73 Å². The van der Waals surface area contributed by atoms with E-state index in [-0.39, 0.29) is 6.04 Å². The lowest BCUT2D eigenvalue weighted by Gasteiger charge is -2.06. The molecule has 1 atom stereocenters. The van der Waals surface area contributed by atoms with Gasteiger partial charge in [-0.1, -0.05) is 28.9 Å². The normalized spacial score (nSPS) is 12.2. The minimum atomic E-state index is -0.613. The van der Waals surface area contributed by atoms with Crippen molar-refractivity contribution in [2.75, 3.05) is 0 Å². The summed E-state index contributed by atoms with van der Waals surface area (Å²) in [5.74, 6) is 0.941. The van der Waals surface area contributed by atoms with Crippen molar-refractivity contribution in [1.29, 1.82) is 0 Å². The number of urea groups is 1. The standard InChI is InChI=1S/C14H18N4O2/c1-8-4-5-9(2)11(6-8)7-12-17-13(18-20-12)10(3)16-14(15)19/h4-6,10H,7H2,1-3H3,(H3,15,16,19)/t10-/m0/s1. The number of benzene rings is 1. The Morgan fingerprint density at radius 2 is 2.20 bits per heavy atom. The number of carbonyl (C=O) groups is 1. The topological polar surface area (TPSA) is 94.0 Å². The second kappa shape index (κ2) is 5.73. The first-order valence-electron chi connectivity index (χ1n) is 6.40. The van der Waals surface area contributed by atoms with E-state index >= 15 is 0 Å². The Morgan fingerprint density at radius 3 is 2.90 bits per heavy atom. The van der Waals surface area contributed by atoms with Crippen LogP contribution in [-0.2, 0) is 6.42 Å². The summed E-state index contributed by atoms with van der Waals surface area (Å²) >= 11 is 0. The van der Waals surface area contributed by atoms with E-state index in [1.54, 1.807) is 6.92 Å². The number of rotatable bonds is 4. The zero-order valence-electron chi connectivity index (χ0n) is 11.8. The molecule has 1 aromatic carbocycles. The largest absolute Gasteiger partial charge is 0.352 e. The Balaban J connectivity index is 2.13. The molecule has 6 heteroatoms. The maximum absolute atomic E-state index is 10.8. The summed E-state index contributed by atoms with van der Waals surface area (Å²) in [5.41, 5.74) is 8.58. The van der Waals surface area contributed by atoms with E-state index in [4.69, 9.17) is 10.3 Å².